The summed E-state index contributed by atoms with van der Waals surface area (Å²) in [7, 11) is 0. The first kappa shape index (κ1) is 9.94. The molecule has 76 valence electrons. The normalized spacial score (nSPS) is 19.1. The molecule has 0 unspecified atom stereocenters. The van der Waals surface area contributed by atoms with Crippen LogP contribution in [0.15, 0.2) is 12.3 Å². The van der Waals surface area contributed by atoms with Gasteiger partial charge in [0.15, 0.2) is 0 Å². The Labute approximate surface area is 89.5 Å². The smallest absolute Gasteiger partial charge is 0.0656 e. The fourth-order valence-electron chi connectivity index (χ4n) is 2.14. The first-order chi connectivity index (χ1) is 6.69. The van der Waals surface area contributed by atoms with Crippen LogP contribution < -0.4 is 5.73 Å². The van der Waals surface area contributed by atoms with Gasteiger partial charge in [-0.3, -0.25) is 4.98 Å². The number of halogens is 1. The summed E-state index contributed by atoms with van der Waals surface area (Å²) in [6.07, 6.45) is 5.40. The van der Waals surface area contributed by atoms with Gasteiger partial charge in [0.1, 0.15) is 0 Å². The molecule has 2 nitrogen and oxygen atoms in total. The second-order valence-corrected chi connectivity index (χ2v) is 4.47. The van der Waals surface area contributed by atoms with E-state index in [0.29, 0.717) is 6.54 Å². The minimum atomic E-state index is 0.144. The van der Waals surface area contributed by atoms with Crippen molar-refractivity contribution in [1.82, 2.24) is 4.98 Å². The molecule has 0 amide bonds. The minimum Gasteiger partial charge on any atom is -0.330 e. The fourth-order valence-corrected chi connectivity index (χ4v) is 2.46. The molecular weight excluding hydrogens is 196 g/mol. The highest BCUT2D eigenvalue weighted by Gasteiger charge is 2.38. The van der Waals surface area contributed by atoms with E-state index in [1.54, 1.807) is 0 Å². The molecule has 14 heavy (non-hydrogen) atoms. The Morgan fingerprint density at radius 3 is 2.79 bits per heavy atom. The van der Waals surface area contributed by atoms with E-state index < -0.39 is 0 Å². The average Bonchev–Trinajstić information content (AvgIpc) is 2.11. The van der Waals surface area contributed by atoms with Gasteiger partial charge >= 0.3 is 0 Å². The number of hydrogen-bond acceptors (Lipinski definition) is 2. The summed E-state index contributed by atoms with van der Waals surface area (Å²) in [4.78, 5) is 4.17. The van der Waals surface area contributed by atoms with Crippen molar-refractivity contribution in [1.29, 1.82) is 0 Å². The Hall–Kier alpha value is -0.600. The number of nitrogens with two attached hydrogens (primary N) is 1. The van der Waals surface area contributed by atoms with Crippen LogP contribution in [0.1, 0.15) is 30.5 Å². The molecule has 0 aromatic carbocycles. The molecular formula is C11H15ClN2. The molecule has 2 rings (SSSR count). The quantitative estimate of drug-likeness (QED) is 0.815. The fraction of sp³-hybridized carbons (Fsp3) is 0.545. The Balaban J connectivity index is 2.45. The van der Waals surface area contributed by atoms with Gasteiger partial charge in [-0.15, -0.1) is 0 Å². The molecule has 1 aliphatic carbocycles. The molecule has 3 heteroatoms. The lowest BCUT2D eigenvalue weighted by Crippen LogP contribution is -2.41. The van der Waals surface area contributed by atoms with Gasteiger partial charge in [-0.1, -0.05) is 18.0 Å². The zero-order chi connectivity index (χ0) is 10.2. The Kier molecular flexibility index (Phi) is 2.50. The van der Waals surface area contributed by atoms with Crippen molar-refractivity contribution in [2.75, 3.05) is 6.54 Å². The molecule has 1 fully saturated rings. The zero-order valence-corrected chi connectivity index (χ0v) is 9.14. The van der Waals surface area contributed by atoms with E-state index in [4.69, 9.17) is 17.3 Å². The molecule has 1 heterocycles. The van der Waals surface area contributed by atoms with Gasteiger partial charge < -0.3 is 5.73 Å². The second kappa shape index (κ2) is 3.52. The number of hydrogen-bond donors (Lipinski definition) is 1. The van der Waals surface area contributed by atoms with Gasteiger partial charge in [0.05, 0.1) is 10.7 Å². The predicted molar refractivity (Wildman–Crippen MR) is 58.6 cm³/mol. The van der Waals surface area contributed by atoms with E-state index in [-0.39, 0.29) is 5.41 Å². The monoisotopic (exact) mass is 210 g/mol. The third-order valence-corrected chi connectivity index (χ3v) is 3.81. The zero-order valence-electron chi connectivity index (χ0n) is 8.39. The van der Waals surface area contributed by atoms with Crippen LogP contribution in [0.2, 0.25) is 5.02 Å². The maximum atomic E-state index is 6.25. The second-order valence-electron chi connectivity index (χ2n) is 4.10. The highest BCUT2D eigenvalue weighted by molar-refractivity contribution is 6.32. The van der Waals surface area contributed by atoms with E-state index in [0.717, 1.165) is 23.6 Å². The van der Waals surface area contributed by atoms with Crippen LogP contribution >= 0.6 is 11.6 Å². The summed E-state index contributed by atoms with van der Waals surface area (Å²) in [5, 5.41) is 0.803. The molecule has 2 N–H and O–H groups in total. The summed E-state index contributed by atoms with van der Waals surface area (Å²) < 4.78 is 0. The number of rotatable bonds is 2. The summed E-state index contributed by atoms with van der Waals surface area (Å²) in [6, 6.07) is 2.02. The Bertz CT molecular complexity index is 340. The van der Waals surface area contributed by atoms with Gasteiger partial charge in [-0.25, -0.2) is 0 Å². The molecule has 1 aromatic rings. The topological polar surface area (TPSA) is 38.9 Å². The number of aromatic nitrogens is 1. The predicted octanol–water partition coefficient (Wildman–Crippen LogP) is 2.42. The largest absolute Gasteiger partial charge is 0.330 e. The van der Waals surface area contributed by atoms with Crippen LogP contribution in [-0.2, 0) is 5.41 Å². The van der Waals surface area contributed by atoms with Crippen LogP contribution in [-0.4, -0.2) is 11.5 Å². The highest BCUT2D eigenvalue weighted by atomic mass is 35.5. The number of nitrogens with zero attached hydrogens (tertiary/aromatic N) is 1. The number of pyridine rings is 1. The maximum absolute atomic E-state index is 6.25. The van der Waals surface area contributed by atoms with Crippen LogP contribution in [0, 0.1) is 6.92 Å². The molecule has 0 aliphatic heterocycles. The lowest BCUT2D eigenvalue weighted by molar-refractivity contribution is 0.253. The average molecular weight is 211 g/mol. The molecule has 0 atom stereocenters. The van der Waals surface area contributed by atoms with E-state index >= 15 is 0 Å². The molecule has 1 aliphatic rings. The van der Waals surface area contributed by atoms with Crippen molar-refractivity contribution in [2.45, 2.75) is 31.6 Å². The van der Waals surface area contributed by atoms with Crippen molar-refractivity contribution < 1.29 is 0 Å². The Morgan fingerprint density at radius 1 is 1.57 bits per heavy atom. The van der Waals surface area contributed by atoms with Crippen molar-refractivity contribution >= 4 is 11.6 Å². The van der Waals surface area contributed by atoms with Crippen molar-refractivity contribution in [3.05, 3.63) is 28.5 Å². The van der Waals surface area contributed by atoms with Gasteiger partial charge in [0.2, 0.25) is 0 Å². The van der Waals surface area contributed by atoms with Crippen molar-refractivity contribution in [2.24, 2.45) is 5.73 Å². The summed E-state index contributed by atoms with van der Waals surface area (Å²) in [5.74, 6) is 0. The number of aryl methyl sites for hydroxylation is 1. The van der Waals surface area contributed by atoms with Crippen LogP contribution in [0.5, 0.6) is 0 Å². The van der Waals surface area contributed by atoms with Gasteiger partial charge in [-0.2, -0.15) is 0 Å². The lowest BCUT2D eigenvalue weighted by Gasteiger charge is -2.42. The molecule has 0 bridgehead atoms. The first-order valence-corrected chi connectivity index (χ1v) is 5.39. The minimum absolute atomic E-state index is 0.144. The lowest BCUT2D eigenvalue weighted by atomic mass is 9.64. The van der Waals surface area contributed by atoms with Crippen LogP contribution in [0.25, 0.3) is 0 Å². The van der Waals surface area contributed by atoms with Crippen LogP contribution in [0.4, 0.5) is 0 Å². The van der Waals surface area contributed by atoms with Crippen molar-refractivity contribution in [3.8, 4) is 0 Å². The summed E-state index contributed by atoms with van der Waals surface area (Å²) >= 11 is 6.25. The third-order valence-electron chi connectivity index (χ3n) is 3.34. The van der Waals surface area contributed by atoms with E-state index in [2.05, 4.69) is 4.98 Å². The SMILES string of the molecule is Cc1nccc(C2(CN)CCC2)c1Cl. The molecule has 1 aromatic heterocycles. The maximum Gasteiger partial charge on any atom is 0.0656 e. The van der Waals surface area contributed by atoms with Gasteiger partial charge in [0.25, 0.3) is 0 Å². The van der Waals surface area contributed by atoms with Gasteiger partial charge in [0, 0.05) is 18.2 Å². The summed E-state index contributed by atoms with van der Waals surface area (Å²) in [5.41, 5.74) is 8.09. The Morgan fingerprint density at radius 2 is 2.29 bits per heavy atom. The molecule has 0 saturated heterocycles. The molecule has 0 spiro atoms. The standard InChI is InChI=1S/C11H15ClN2/c1-8-10(12)9(3-6-14-8)11(7-13)4-2-5-11/h3,6H,2,4-5,7,13H2,1H3. The van der Waals surface area contributed by atoms with Crippen molar-refractivity contribution in [3.63, 3.8) is 0 Å². The van der Waals surface area contributed by atoms with E-state index in [1.807, 2.05) is 19.2 Å². The molecule has 1 saturated carbocycles. The van der Waals surface area contributed by atoms with E-state index in [9.17, 15) is 0 Å². The van der Waals surface area contributed by atoms with Gasteiger partial charge in [-0.05, 0) is 31.4 Å². The first-order valence-electron chi connectivity index (χ1n) is 5.01. The molecule has 0 radical (unpaired) electrons. The summed E-state index contributed by atoms with van der Waals surface area (Å²) in [6.45, 7) is 2.63. The highest BCUT2D eigenvalue weighted by Crippen LogP contribution is 2.45. The van der Waals surface area contributed by atoms with Crippen LogP contribution in [0.3, 0.4) is 0 Å². The third kappa shape index (κ3) is 1.33. The van der Waals surface area contributed by atoms with E-state index in [1.165, 1.54) is 12.0 Å².